The smallest absolute Gasteiger partial charge is 0.253 e. The van der Waals surface area contributed by atoms with E-state index in [9.17, 15) is 14.3 Å². The second-order valence-corrected chi connectivity index (χ2v) is 7.81. The summed E-state index contributed by atoms with van der Waals surface area (Å²) in [6.07, 6.45) is 0.562. The molecule has 0 aliphatic heterocycles. The summed E-state index contributed by atoms with van der Waals surface area (Å²) in [6.45, 7) is 3.90. The summed E-state index contributed by atoms with van der Waals surface area (Å²) in [5.74, 6) is -0.750. The lowest BCUT2D eigenvalue weighted by molar-refractivity contribution is -0.121. The Hall–Kier alpha value is -1.73. The summed E-state index contributed by atoms with van der Waals surface area (Å²) in [4.78, 5) is 14.7. The molecule has 1 amide bonds. The Labute approximate surface area is 174 Å². The van der Waals surface area contributed by atoms with E-state index in [4.69, 9.17) is 23.2 Å². The van der Waals surface area contributed by atoms with Crippen LogP contribution in [0.5, 0.6) is 0 Å². The van der Waals surface area contributed by atoms with Crippen LogP contribution in [0.1, 0.15) is 31.2 Å². The molecule has 0 saturated heterocycles. The van der Waals surface area contributed by atoms with Crippen LogP contribution in [0.2, 0.25) is 0 Å². The maximum atomic E-state index is 13.2. The molecule has 3 N–H and O–H groups in total. The summed E-state index contributed by atoms with van der Waals surface area (Å²) in [7, 11) is 0. The first-order valence-corrected chi connectivity index (χ1v) is 9.80. The zero-order chi connectivity index (χ0) is 20.7. The van der Waals surface area contributed by atoms with Gasteiger partial charge < -0.3 is 15.7 Å². The third-order valence-corrected chi connectivity index (χ3v) is 4.57. The number of aliphatic hydroxyl groups is 1. The number of benzene rings is 1. The molecule has 0 saturated carbocycles. The molecule has 0 fully saturated rings. The Kier molecular flexibility index (Phi) is 8.63. The topological polar surface area (TPSA) is 74.2 Å². The van der Waals surface area contributed by atoms with Gasteiger partial charge in [0, 0.05) is 24.3 Å². The molecule has 28 heavy (non-hydrogen) atoms. The van der Waals surface area contributed by atoms with Gasteiger partial charge in [-0.3, -0.25) is 9.78 Å². The third-order valence-electron chi connectivity index (χ3n) is 4.17. The van der Waals surface area contributed by atoms with Crippen molar-refractivity contribution in [2.45, 2.75) is 43.4 Å². The first kappa shape index (κ1) is 22.6. The molecule has 1 heterocycles. The Bertz CT molecular complexity index is 755. The largest absolute Gasteiger partial charge is 0.386 e. The Morgan fingerprint density at radius 1 is 1.14 bits per heavy atom. The first-order chi connectivity index (χ1) is 13.3. The summed E-state index contributed by atoms with van der Waals surface area (Å²) in [5.41, 5.74) is 3.26. The van der Waals surface area contributed by atoms with Crippen LogP contribution in [0.25, 0.3) is 11.1 Å². The number of alkyl halides is 3. The molecule has 0 aliphatic rings. The number of hydrogen-bond donors (Lipinski definition) is 3. The minimum atomic E-state index is -1.32. The predicted octanol–water partition coefficient (Wildman–Crippen LogP) is 3.54. The van der Waals surface area contributed by atoms with Gasteiger partial charge in [-0.25, -0.2) is 4.39 Å². The molecule has 0 unspecified atom stereocenters. The monoisotopic (exact) mass is 427 g/mol. The molecule has 5 nitrogen and oxygen atoms in total. The minimum Gasteiger partial charge on any atom is -0.386 e. The van der Waals surface area contributed by atoms with Crippen molar-refractivity contribution >= 4 is 29.1 Å². The first-order valence-electron chi connectivity index (χ1n) is 8.93. The van der Waals surface area contributed by atoms with Gasteiger partial charge in [0.1, 0.15) is 12.8 Å². The molecule has 0 aliphatic carbocycles. The Morgan fingerprint density at radius 3 is 2.29 bits per heavy atom. The quantitative estimate of drug-likeness (QED) is 0.535. The normalized spacial score (nSPS) is 13.6. The van der Waals surface area contributed by atoms with Crippen molar-refractivity contribution in [2.24, 2.45) is 0 Å². The number of halogens is 3. The molecule has 2 rings (SSSR count). The molecule has 8 heteroatoms. The van der Waals surface area contributed by atoms with Gasteiger partial charge in [-0.1, -0.05) is 67.4 Å². The van der Waals surface area contributed by atoms with Gasteiger partial charge in [0.15, 0.2) is 4.84 Å². The summed E-state index contributed by atoms with van der Waals surface area (Å²) >= 11 is 10.9. The number of aromatic nitrogens is 1. The Morgan fingerprint density at radius 2 is 1.79 bits per heavy atom. The summed E-state index contributed by atoms with van der Waals surface area (Å²) < 4.78 is 13.2. The van der Waals surface area contributed by atoms with Gasteiger partial charge in [0.2, 0.25) is 0 Å². The molecule has 0 spiro atoms. The van der Waals surface area contributed by atoms with Gasteiger partial charge in [-0.15, -0.1) is 0 Å². The van der Waals surface area contributed by atoms with Crippen molar-refractivity contribution in [2.75, 3.05) is 6.67 Å². The summed E-state index contributed by atoms with van der Waals surface area (Å²) in [6, 6.07) is 10.2. The van der Waals surface area contributed by atoms with Crippen LogP contribution in [-0.4, -0.2) is 39.6 Å². The number of rotatable bonds is 9. The summed E-state index contributed by atoms with van der Waals surface area (Å²) in [5, 5.41) is 16.0. The van der Waals surface area contributed by atoms with Crippen LogP contribution >= 0.6 is 23.2 Å². The highest BCUT2D eigenvalue weighted by molar-refractivity contribution is 6.53. The van der Waals surface area contributed by atoms with E-state index < -0.39 is 29.6 Å². The van der Waals surface area contributed by atoms with Crippen molar-refractivity contribution in [3.63, 3.8) is 0 Å². The molecule has 0 bridgehead atoms. The fourth-order valence-corrected chi connectivity index (χ4v) is 2.69. The van der Waals surface area contributed by atoms with E-state index in [1.807, 2.05) is 24.3 Å². The number of hydrogen-bond acceptors (Lipinski definition) is 4. The van der Waals surface area contributed by atoms with Crippen molar-refractivity contribution in [1.29, 1.82) is 0 Å². The Balaban J connectivity index is 2.06. The van der Waals surface area contributed by atoms with E-state index in [-0.39, 0.29) is 0 Å². The number of nitrogens with one attached hydrogen (secondary N) is 2. The highest BCUT2D eigenvalue weighted by Crippen LogP contribution is 2.24. The average molecular weight is 428 g/mol. The zero-order valence-electron chi connectivity index (χ0n) is 15.7. The molecule has 0 radical (unpaired) electrons. The molecule has 2 atom stereocenters. The van der Waals surface area contributed by atoms with Gasteiger partial charge in [-0.05, 0) is 17.2 Å². The zero-order valence-corrected chi connectivity index (χ0v) is 17.2. The van der Waals surface area contributed by atoms with Crippen molar-refractivity contribution in [1.82, 2.24) is 15.6 Å². The molecule has 2 aromatic rings. The van der Waals surface area contributed by atoms with E-state index in [2.05, 4.69) is 29.5 Å². The van der Waals surface area contributed by atoms with Gasteiger partial charge >= 0.3 is 0 Å². The van der Waals surface area contributed by atoms with E-state index in [1.165, 1.54) is 0 Å². The number of pyridine rings is 1. The van der Waals surface area contributed by atoms with Crippen LogP contribution in [0.3, 0.4) is 0 Å². The molecule has 1 aromatic heterocycles. The van der Waals surface area contributed by atoms with E-state index in [0.29, 0.717) is 18.2 Å². The highest BCUT2D eigenvalue weighted by Gasteiger charge is 2.25. The fourth-order valence-electron chi connectivity index (χ4n) is 2.56. The van der Waals surface area contributed by atoms with E-state index in [0.717, 1.165) is 16.8 Å². The molecule has 1 aromatic carbocycles. The standard InChI is InChI=1S/C20H24Cl2FN3O2/c1-12(2)24-11-16-8-7-15(10-25-16)13-3-5-14(6-4-13)18(27)17(9-23)26-20(28)19(21)22/h3-8,10,12,17-19,24,27H,9,11H2,1-2H3,(H,26,28)/t17-,18+/m1/s1. The van der Waals surface area contributed by atoms with E-state index in [1.54, 1.807) is 18.3 Å². The number of amides is 1. The lowest BCUT2D eigenvalue weighted by Gasteiger charge is -2.22. The lowest BCUT2D eigenvalue weighted by Crippen LogP contribution is -2.43. The lowest BCUT2D eigenvalue weighted by atomic mass is 9.99. The third kappa shape index (κ3) is 6.41. The maximum absolute atomic E-state index is 13.2. The van der Waals surface area contributed by atoms with Gasteiger partial charge in [-0.2, -0.15) is 0 Å². The maximum Gasteiger partial charge on any atom is 0.253 e. The second-order valence-electron chi connectivity index (χ2n) is 6.71. The van der Waals surface area contributed by atoms with Crippen LogP contribution in [-0.2, 0) is 11.3 Å². The van der Waals surface area contributed by atoms with Gasteiger partial charge in [0.05, 0.1) is 11.7 Å². The highest BCUT2D eigenvalue weighted by atomic mass is 35.5. The van der Waals surface area contributed by atoms with E-state index >= 15 is 0 Å². The van der Waals surface area contributed by atoms with Crippen LogP contribution in [0.4, 0.5) is 4.39 Å². The average Bonchev–Trinajstić information content (AvgIpc) is 2.70. The molecular formula is C20H24Cl2FN3O2. The SMILES string of the molecule is CC(C)NCc1ccc(-c2ccc([C@H](O)[C@@H](CF)NC(=O)C(Cl)Cl)cc2)cn1. The number of nitrogens with zero attached hydrogens (tertiary/aromatic N) is 1. The van der Waals surface area contributed by atoms with Crippen molar-refractivity contribution in [3.05, 3.63) is 53.9 Å². The number of carbonyl (C=O) groups is 1. The fraction of sp³-hybridized carbons (Fsp3) is 0.400. The predicted molar refractivity (Wildman–Crippen MR) is 110 cm³/mol. The molecule has 152 valence electrons. The number of aliphatic hydroxyl groups excluding tert-OH is 1. The van der Waals surface area contributed by atoms with Crippen molar-refractivity contribution in [3.8, 4) is 11.1 Å². The van der Waals surface area contributed by atoms with Crippen LogP contribution in [0, 0.1) is 0 Å². The minimum absolute atomic E-state index is 0.387. The number of carbonyl (C=O) groups excluding carboxylic acids is 1. The van der Waals surface area contributed by atoms with Crippen LogP contribution in [0.15, 0.2) is 42.6 Å². The molecular weight excluding hydrogens is 404 g/mol. The van der Waals surface area contributed by atoms with Gasteiger partial charge in [0.25, 0.3) is 5.91 Å². The van der Waals surface area contributed by atoms with Crippen LogP contribution < -0.4 is 10.6 Å². The van der Waals surface area contributed by atoms with Crippen molar-refractivity contribution < 1.29 is 14.3 Å². The second kappa shape index (κ2) is 10.7.